The molecule has 3 rings (SSSR count). The van der Waals surface area contributed by atoms with Gasteiger partial charge < -0.3 is 10.1 Å². The number of hydrogen-bond donors (Lipinski definition) is 2. The number of rotatable bonds is 5. The van der Waals surface area contributed by atoms with Crippen molar-refractivity contribution in [3.8, 4) is 5.75 Å². The first-order chi connectivity index (χ1) is 11.5. The van der Waals surface area contributed by atoms with Gasteiger partial charge in [-0.2, -0.15) is 10.2 Å². The number of nitrogens with one attached hydrogen (secondary N) is 2. The first-order valence-electron chi connectivity index (χ1n) is 7.25. The average molecular weight is 346 g/mol. The summed E-state index contributed by atoms with van der Waals surface area (Å²) >= 11 is 5.85. The van der Waals surface area contributed by atoms with Crippen LogP contribution in [0.25, 0.3) is 0 Å². The van der Waals surface area contributed by atoms with E-state index in [1.54, 1.807) is 10.9 Å². The van der Waals surface area contributed by atoms with Gasteiger partial charge in [0.05, 0.1) is 29.3 Å². The maximum absolute atomic E-state index is 12.0. The molecule has 3 aromatic rings. The molecule has 2 heterocycles. The largest absolute Gasteiger partial charge is 0.471 e. The van der Waals surface area contributed by atoms with E-state index in [2.05, 4.69) is 26.7 Å². The van der Waals surface area contributed by atoms with Crippen molar-refractivity contribution < 1.29 is 9.53 Å². The summed E-state index contributed by atoms with van der Waals surface area (Å²) in [4.78, 5) is 12.0. The average Bonchev–Trinajstić information content (AvgIpc) is 3.15. The number of aromatic amines is 1. The molecular weight excluding hydrogens is 330 g/mol. The molecule has 0 aliphatic heterocycles. The highest BCUT2D eigenvalue weighted by molar-refractivity contribution is 6.34. The molecule has 0 saturated carbocycles. The molecule has 0 fully saturated rings. The minimum Gasteiger partial charge on any atom is -0.471 e. The van der Waals surface area contributed by atoms with Gasteiger partial charge in [0.15, 0.2) is 6.73 Å². The Labute approximate surface area is 143 Å². The van der Waals surface area contributed by atoms with Crippen LogP contribution < -0.4 is 10.1 Å². The summed E-state index contributed by atoms with van der Waals surface area (Å²) in [7, 11) is 0. The quantitative estimate of drug-likeness (QED) is 0.743. The zero-order valence-electron chi connectivity index (χ0n) is 13.2. The van der Waals surface area contributed by atoms with E-state index in [4.69, 9.17) is 16.3 Å². The third kappa shape index (κ3) is 3.57. The fourth-order valence-electron chi connectivity index (χ4n) is 2.22. The fraction of sp³-hybridized carbons (Fsp3) is 0.188. The number of amides is 1. The number of anilines is 1. The maximum atomic E-state index is 12.0. The maximum Gasteiger partial charge on any atom is 0.275 e. The highest BCUT2D eigenvalue weighted by atomic mass is 35.5. The van der Waals surface area contributed by atoms with Crippen LogP contribution in [-0.2, 0) is 6.73 Å². The van der Waals surface area contributed by atoms with E-state index >= 15 is 0 Å². The molecule has 0 aliphatic carbocycles. The molecule has 0 radical (unpaired) electrons. The summed E-state index contributed by atoms with van der Waals surface area (Å²) in [6.45, 7) is 4.26. The highest BCUT2D eigenvalue weighted by Gasteiger charge is 2.13. The van der Waals surface area contributed by atoms with E-state index in [1.807, 2.05) is 26.0 Å². The summed E-state index contributed by atoms with van der Waals surface area (Å²) in [5.41, 5.74) is 2.98. The van der Waals surface area contributed by atoms with Gasteiger partial charge in [0.25, 0.3) is 5.91 Å². The van der Waals surface area contributed by atoms with E-state index < -0.39 is 0 Å². The second kappa shape index (κ2) is 6.76. The number of carbonyl (C=O) groups is 1. The Balaban J connectivity index is 1.61. The Morgan fingerprint density at radius 2 is 2.21 bits per heavy atom. The topological polar surface area (TPSA) is 84.8 Å². The molecule has 2 N–H and O–H groups in total. The van der Waals surface area contributed by atoms with Crippen molar-refractivity contribution in [3.05, 3.63) is 58.6 Å². The third-order valence-corrected chi connectivity index (χ3v) is 3.68. The van der Waals surface area contributed by atoms with Crippen molar-refractivity contribution in [1.29, 1.82) is 0 Å². The predicted molar refractivity (Wildman–Crippen MR) is 90.3 cm³/mol. The third-order valence-electron chi connectivity index (χ3n) is 3.39. The van der Waals surface area contributed by atoms with Gasteiger partial charge >= 0.3 is 0 Å². The first-order valence-corrected chi connectivity index (χ1v) is 7.63. The number of ether oxygens (including phenoxy) is 1. The van der Waals surface area contributed by atoms with Crippen LogP contribution in [0.3, 0.4) is 0 Å². The molecule has 7 nitrogen and oxygen atoms in total. The Bertz CT molecular complexity index is 871. The van der Waals surface area contributed by atoms with Gasteiger partial charge in [0.2, 0.25) is 0 Å². The lowest BCUT2D eigenvalue weighted by molar-refractivity contribution is 0.102. The lowest BCUT2D eigenvalue weighted by Gasteiger charge is -2.09. The Morgan fingerprint density at radius 3 is 2.92 bits per heavy atom. The molecule has 0 atom stereocenters. The van der Waals surface area contributed by atoms with Crippen molar-refractivity contribution in [3.63, 3.8) is 0 Å². The van der Waals surface area contributed by atoms with Crippen LogP contribution in [0.2, 0.25) is 5.02 Å². The van der Waals surface area contributed by atoms with Crippen molar-refractivity contribution in [2.45, 2.75) is 20.6 Å². The Kier molecular flexibility index (Phi) is 4.52. The van der Waals surface area contributed by atoms with E-state index in [0.29, 0.717) is 5.69 Å². The standard InChI is InChI=1S/C16H16ClN5O2/c1-10-3-4-14(11(2)5-10)24-9-22-8-12(6-19-22)20-16(23)15-13(17)7-18-21-15/h3-8H,9H2,1-2H3,(H,18,21)(H,20,23). The molecule has 1 aromatic carbocycles. The zero-order valence-corrected chi connectivity index (χ0v) is 14.0. The van der Waals surface area contributed by atoms with Gasteiger partial charge in [-0.05, 0) is 25.5 Å². The van der Waals surface area contributed by atoms with Crippen LogP contribution in [-0.4, -0.2) is 25.9 Å². The van der Waals surface area contributed by atoms with Crippen LogP contribution >= 0.6 is 11.6 Å². The minimum absolute atomic E-state index is 0.205. The molecule has 0 saturated heterocycles. The molecule has 124 valence electrons. The van der Waals surface area contributed by atoms with Crippen molar-refractivity contribution in [2.24, 2.45) is 0 Å². The number of nitrogens with zero attached hydrogens (tertiary/aromatic N) is 3. The van der Waals surface area contributed by atoms with Crippen molar-refractivity contribution in [1.82, 2.24) is 20.0 Å². The number of H-pyrrole nitrogens is 1. The van der Waals surface area contributed by atoms with E-state index in [-0.39, 0.29) is 23.4 Å². The molecular formula is C16H16ClN5O2. The Hall–Kier alpha value is -2.80. The predicted octanol–water partition coefficient (Wildman–Crippen LogP) is 3.17. The first kappa shape index (κ1) is 16.1. The molecule has 8 heteroatoms. The number of benzene rings is 1. The molecule has 0 bridgehead atoms. The second-order valence-corrected chi connectivity index (χ2v) is 5.77. The molecule has 2 aromatic heterocycles. The van der Waals surface area contributed by atoms with Gasteiger partial charge in [-0.15, -0.1) is 0 Å². The summed E-state index contributed by atoms with van der Waals surface area (Å²) in [6.07, 6.45) is 4.58. The smallest absolute Gasteiger partial charge is 0.275 e. The van der Waals surface area contributed by atoms with Gasteiger partial charge in [0, 0.05) is 0 Å². The van der Waals surface area contributed by atoms with Crippen molar-refractivity contribution in [2.75, 3.05) is 5.32 Å². The van der Waals surface area contributed by atoms with Crippen molar-refractivity contribution >= 4 is 23.2 Å². The monoisotopic (exact) mass is 345 g/mol. The number of aryl methyl sites for hydroxylation is 2. The van der Waals surface area contributed by atoms with Crippen LogP contribution in [0.4, 0.5) is 5.69 Å². The molecule has 1 amide bonds. The summed E-state index contributed by atoms with van der Waals surface area (Å²) < 4.78 is 7.32. The van der Waals surface area contributed by atoms with Crippen LogP contribution in [0.15, 0.2) is 36.8 Å². The lowest BCUT2D eigenvalue weighted by Crippen LogP contribution is -2.12. The number of halogens is 1. The molecule has 0 aliphatic rings. The highest BCUT2D eigenvalue weighted by Crippen LogP contribution is 2.19. The minimum atomic E-state index is -0.382. The van der Waals surface area contributed by atoms with E-state index in [0.717, 1.165) is 11.3 Å². The number of aromatic nitrogens is 4. The van der Waals surface area contributed by atoms with Gasteiger partial charge in [-0.1, -0.05) is 29.3 Å². The van der Waals surface area contributed by atoms with Gasteiger partial charge in [-0.3, -0.25) is 9.89 Å². The normalized spacial score (nSPS) is 10.6. The number of hydrogen-bond acceptors (Lipinski definition) is 4. The van der Waals surface area contributed by atoms with Gasteiger partial charge in [-0.25, -0.2) is 4.68 Å². The lowest BCUT2D eigenvalue weighted by atomic mass is 10.1. The fourth-order valence-corrected chi connectivity index (χ4v) is 2.40. The van der Waals surface area contributed by atoms with Crippen LogP contribution in [0.5, 0.6) is 5.75 Å². The molecule has 24 heavy (non-hydrogen) atoms. The van der Waals surface area contributed by atoms with E-state index in [9.17, 15) is 4.79 Å². The zero-order chi connectivity index (χ0) is 17.1. The van der Waals surface area contributed by atoms with Crippen LogP contribution in [0, 0.1) is 13.8 Å². The molecule has 0 unspecified atom stereocenters. The second-order valence-electron chi connectivity index (χ2n) is 5.36. The van der Waals surface area contributed by atoms with Crippen LogP contribution in [0.1, 0.15) is 21.6 Å². The summed E-state index contributed by atoms with van der Waals surface area (Å²) in [6, 6.07) is 5.97. The SMILES string of the molecule is Cc1ccc(OCn2cc(NC(=O)c3[nH]ncc3Cl)cn2)c(C)c1. The summed E-state index contributed by atoms with van der Waals surface area (Å²) in [5.74, 6) is 0.415. The van der Waals surface area contributed by atoms with E-state index in [1.165, 1.54) is 18.0 Å². The number of carbonyl (C=O) groups excluding carboxylic acids is 1. The van der Waals surface area contributed by atoms with Gasteiger partial charge in [0.1, 0.15) is 11.4 Å². The molecule has 0 spiro atoms. The summed E-state index contributed by atoms with van der Waals surface area (Å²) in [5, 5.41) is 13.4. The Morgan fingerprint density at radius 1 is 1.38 bits per heavy atom.